The molecule has 0 bridgehead atoms. The number of benzene rings is 2. The van der Waals surface area contributed by atoms with Crippen LogP contribution in [0, 0.1) is 11.3 Å². The molecule has 0 saturated carbocycles. The molecule has 9 heteroatoms. The van der Waals surface area contributed by atoms with Gasteiger partial charge >= 0.3 is 0 Å². The minimum absolute atomic E-state index is 0.169. The second-order valence-corrected chi connectivity index (χ2v) is 8.50. The van der Waals surface area contributed by atoms with E-state index in [2.05, 4.69) is 0 Å². The molecule has 8 nitrogen and oxygen atoms in total. The van der Waals surface area contributed by atoms with Gasteiger partial charge in [-0.05, 0) is 36.4 Å². The number of nitrogens with zero attached hydrogens (tertiary/aromatic N) is 3. The summed E-state index contributed by atoms with van der Waals surface area (Å²) in [4.78, 5) is 14.3. The van der Waals surface area contributed by atoms with Gasteiger partial charge in [-0.3, -0.25) is 4.79 Å². The average molecular weight is 429 g/mol. The summed E-state index contributed by atoms with van der Waals surface area (Å²) in [5.41, 5.74) is 0.688. The Morgan fingerprint density at radius 1 is 1.10 bits per heavy atom. The first-order chi connectivity index (χ1) is 14.5. The number of hydrogen-bond donors (Lipinski definition) is 0. The van der Waals surface area contributed by atoms with E-state index in [1.807, 2.05) is 24.3 Å². The van der Waals surface area contributed by atoms with Crippen LogP contribution >= 0.6 is 0 Å². The molecule has 1 aliphatic rings. The molecule has 2 aromatic rings. The Bertz CT molecular complexity index is 982. The summed E-state index contributed by atoms with van der Waals surface area (Å²) < 4.78 is 37.5. The number of sulfonamides is 1. The van der Waals surface area contributed by atoms with Crippen molar-refractivity contribution in [2.75, 3.05) is 44.4 Å². The van der Waals surface area contributed by atoms with Crippen molar-refractivity contribution in [3.8, 4) is 11.8 Å². The van der Waals surface area contributed by atoms with E-state index in [0.29, 0.717) is 37.7 Å². The molecule has 0 spiro atoms. The van der Waals surface area contributed by atoms with Crippen LogP contribution < -0.4 is 9.64 Å². The molecule has 1 fully saturated rings. The van der Waals surface area contributed by atoms with Gasteiger partial charge in [0.05, 0.1) is 30.6 Å². The van der Waals surface area contributed by atoms with Crippen molar-refractivity contribution in [3.05, 3.63) is 54.6 Å². The first-order valence-corrected chi connectivity index (χ1v) is 11.0. The lowest BCUT2D eigenvalue weighted by Gasteiger charge is -2.26. The highest BCUT2D eigenvalue weighted by atomic mass is 32.2. The van der Waals surface area contributed by atoms with E-state index < -0.39 is 10.0 Å². The van der Waals surface area contributed by atoms with Crippen LogP contribution in [0.2, 0.25) is 0 Å². The van der Waals surface area contributed by atoms with Crippen LogP contribution in [0.3, 0.4) is 0 Å². The van der Waals surface area contributed by atoms with Crippen molar-refractivity contribution in [3.63, 3.8) is 0 Å². The molecule has 0 aromatic heterocycles. The van der Waals surface area contributed by atoms with E-state index in [0.717, 1.165) is 0 Å². The summed E-state index contributed by atoms with van der Waals surface area (Å²) >= 11 is 0. The Morgan fingerprint density at radius 3 is 2.40 bits per heavy atom. The van der Waals surface area contributed by atoms with Gasteiger partial charge in [-0.25, -0.2) is 8.42 Å². The first kappa shape index (κ1) is 21.8. The fourth-order valence-corrected chi connectivity index (χ4v) is 4.44. The molecule has 0 aliphatic carbocycles. The van der Waals surface area contributed by atoms with Gasteiger partial charge in [0.2, 0.25) is 10.0 Å². The Morgan fingerprint density at radius 2 is 1.77 bits per heavy atom. The minimum Gasteiger partial charge on any atom is -0.484 e. The molecule has 2 aromatic carbocycles. The van der Waals surface area contributed by atoms with E-state index in [4.69, 9.17) is 14.7 Å². The molecule has 158 valence electrons. The number of rotatable bonds is 8. The van der Waals surface area contributed by atoms with Gasteiger partial charge in [-0.15, -0.1) is 0 Å². The third-order valence-corrected chi connectivity index (χ3v) is 6.52. The molecule has 0 radical (unpaired) electrons. The molecule has 1 saturated heterocycles. The van der Waals surface area contributed by atoms with Crippen LogP contribution in [0.15, 0.2) is 59.5 Å². The molecule has 0 N–H and O–H groups in total. The quantitative estimate of drug-likeness (QED) is 0.637. The number of nitriles is 1. The Kier molecular flexibility index (Phi) is 7.41. The lowest BCUT2D eigenvalue weighted by molar-refractivity contribution is -0.120. The summed E-state index contributed by atoms with van der Waals surface area (Å²) in [7, 11) is -3.58. The Balaban J connectivity index is 1.63. The molecule has 1 amide bonds. The molecular weight excluding hydrogens is 406 g/mol. The maximum Gasteiger partial charge on any atom is 0.264 e. The number of ether oxygens (including phenoxy) is 2. The van der Waals surface area contributed by atoms with Crippen LogP contribution in [0.25, 0.3) is 0 Å². The Labute approximate surface area is 176 Å². The number of carbonyl (C=O) groups is 1. The van der Waals surface area contributed by atoms with Crippen molar-refractivity contribution >= 4 is 21.6 Å². The van der Waals surface area contributed by atoms with Crippen molar-refractivity contribution < 1.29 is 22.7 Å². The highest BCUT2D eigenvalue weighted by Crippen LogP contribution is 2.21. The summed E-state index contributed by atoms with van der Waals surface area (Å²) in [6.45, 7) is 1.45. The highest BCUT2D eigenvalue weighted by Gasteiger charge is 2.26. The monoisotopic (exact) mass is 429 g/mol. The lowest BCUT2D eigenvalue weighted by atomic mass is 10.2. The van der Waals surface area contributed by atoms with Gasteiger partial charge in [0.15, 0.2) is 6.61 Å². The van der Waals surface area contributed by atoms with Gasteiger partial charge in [-0.1, -0.05) is 18.2 Å². The molecule has 0 atom stereocenters. The third kappa shape index (κ3) is 5.36. The number of carbonyl (C=O) groups excluding carboxylic acids is 1. The van der Waals surface area contributed by atoms with Crippen molar-refractivity contribution in [1.29, 1.82) is 5.26 Å². The molecule has 1 aliphatic heterocycles. The van der Waals surface area contributed by atoms with Crippen molar-refractivity contribution in [2.24, 2.45) is 0 Å². The number of morpholine rings is 1. The highest BCUT2D eigenvalue weighted by molar-refractivity contribution is 7.89. The van der Waals surface area contributed by atoms with Crippen LogP contribution in [0.4, 0.5) is 5.69 Å². The van der Waals surface area contributed by atoms with Crippen LogP contribution in [-0.2, 0) is 19.6 Å². The lowest BCUT2D eigenvalue weighted by Crippen LogP contribution is -2.40. The number of anilines is 1. The molecule has 1 heterocycles. The summed E-state index contributed by atoms with van der Waals surface area (Å²) in [6.07, 6.45) is 0.203. The largest absolute Gasteiger partial charge is 0.484 e. The van der Waals surface area contributed by atoms with Crippen molar-refractivity contribution in [1.82, 2.24) is 4.31 Å². The van der Waals surface area contributed by atoms with E-state index in [9.17, 15) is 13.2 Å². The van der Waals surface area contributed by atoms with Crippen LogP contribution in [0.5, 0.6) is 5.75 Å². The van der Waals surface area contributed by atoms with Gasteiger partial charge < -0.3 is 14.4 Å². The zero-order valence-electron chi connectivity index (χ0n) is 16.4. The normalized spacial score (nSPS) is 14.6. The second kappa shape index (κ2) is 10.2. The second-order valence-electron chi connectivity index (χ2n) is 6.57. The van der Waals surface area contributed by atoms with Gasteiger partial charge in [0.25, 0.3) is 5.91 Å². The molecule has 30 heavy (non-hydrogen) atoms. The maximum atomic E-state index is 12.7. The zero-order chi connectivity index (χ0) is 21.4. The van der Waals surface area contributed by atoms with Crippen molar-refractivity contribution in [2.45, 2.75) is 11.3 Å². The number of para-hydroxylation sites is 1. The van der Waals surface area contributed by atoms with Crippen LogP contribution in [-0.4, -0.2) is 58.1 Å². The predicted octanol–water partition coefficient (Wildman–Crippen LogP) is 2.03. The molecular formula is C21H23N3O5S. The van der Waals surface area contributed by atoms with Gasteiger partial charge in [-0.2, -0.15) is 9.57 Å². The van der Waals surface area contributed by atoms with Crippen LogP contribution in [0.1, 0.15) is 6.42 Å². The van der Waals surface area contributed by atoms with E-state index >= 15 is 0 Å². The van der Waals surface area contributed by atoms with E-state index in [-0.39, 0.29) is 30.4 Å². The number of hydrogen-bond acceptors (Lipinski definition) is 6. The first-order valence-electron chi connectivity index (χ1n) is 9.55. The zero-order valence-corrected chi connectivity index (χ0v) is 17.3. The standard InChI is InChI=1S/C21H23N3O5S/c22-11-4-12-24(18-5-2-1-3-6-18)21(25)17-29-19-7-9-20(10-8-19)30(26,27)23-13-15-28-16-14-23/h1-3,5-10H,4,12-17H2. The molecule has 3 rings (SSSR count). The summed E-state index contributed by atoms with van der Waals surface area (Å²) in [5, 5.41) is 8.86. The molecule has 0 unspecified atom stereocenters. The van der Waals surface area contributed by atoms with Gasteiger partial charge in [0, 0.05) is 25.3 Å². The third-order valence-electron chi connectivity index (χ3n) is 4.61. The minimum atomic E-state index is -3.58. The fourth-order valence-electron chi connectivity index (χ4n) is 3.03. The summed E-state index contributed by atoms with van der Waals surface area (Å²) in [6, 6.07) is 17.1. The topological polar surface area (TPSA) is 99.9 Å². The van der Waals surface area contributed by atoms with E-state index in [1.165, 1.54) is 33.5 Å². The smallest absolute Gasteiger partial charge is 0.264 e. The maximum absolute atomic E-state index is 12.7. The SMILES string of the molecule is N#CCCN(C(=O)COc1ccc(S(=O)(=O)N2CCOCC2)cc1)c1ccccc1. The summed E-state index contributed by atoms with van der Waals surface area (Å²) in [5.74, 6) is 0.0963. The Hall–Kier alpha value is -2.93. The number of amides is 1. The fraction of sp³-hybridized carbons (Fsp3) is 0.333. The van der Waals surface area contributed by atoms with Gasteiger partial charge in [0.1, 0.15) is 5.75 Å². The average Bonchev–Trinajstić information content (AvgIpc) is 2.79. The van der Waals surface area contributed by atoms with E-state index in [1.54, 1.807) is 12.1 Å². The predicted molar refractivity (Wildman–Crippen MR) is 111 cm³/mol.